The fraction of sp³-hybridized carbons (Fsp3) is 0.471. The lowest BCUT2D eigenvalue weighted by molar-refractivity contribution is -0.141. The number of amides is 2. The number of aromatic amines is 1. The number of aromatic nitrogens is 3. The molecular formula is C17H20F3N5O2. The Kier molecular flexibility index (Phi) is 5.24. The summed E-state index contributed by atoms with van der Waals surface area (Å²) in [6.07, 6.45) is -0.824. The molecule has 1 aliphatic heterocycles. The molecule has 10 heteroatoms. The number of aryl methyl sites for hydroxylation is 1. The van der Waals surface area contributed by atoms with Crippen LogP contribution in [0, 0.1) is 0 Å². The predicted molar refractivity (Wildman–Crippen MR) is 92.5 cm³/mol. The van der Waals surface area contributed by atoms with Crippen LogP contribution in [0.5, 0.6) is 0 Å². The van der Waals surface area contributed by atoms with Crippen molar-refractivity contribution in [2.24, 2.45) is 0 Å². The number of pyridine rings is 1. The Bertz CT molecular complexity index is 874. The molecule has 1 saturated heterocycles. The molecule has 3 heterocycles. The molecule has 2 aromatic heterocycles. The van der Waals surface area contributed by atoms with Gasteiger partial charge in [0.25, 0.3) is 5.56 Å². The Hall–Kier alpha value is -2.78. The number of nitrogens with one attached hydrogen (secondary N) is 2. The summed E-state index contributed by atoms with van der Waals surface area (Å²) in [5, 5.41) is 2.60. The third kappa shape index (κ3) is 4.15. The number of alkyl halides is 3. The summed E-state index contributed by atoms with van der Waals surface area (Å²) in [5.41, 5.74) is -1.03. The second-order valence-corrected chi connectivity index (χ2v) is 6.41. The molecule has 0 saturated carbocycles. The number of nitrogens with zero attached hydrogens (tertiary/aromatic N) is 3. The Labute approximate surface area is 153 Å². The van der Waals surface area contributed by atoms with Gasteiger partial charge in [0.05, 0.1) is 6.20 Å². The molecule has 0 aromatic carbocycles. The van der Waals surface area contributed by atoms with Gasteiger partial charge in [-0.05, 0) is 31.9 Å². The monoisotopic (exact) mass is 383 g/mol. The fourth-order valence-electron chi connectivity index (χ4n) is 3.15. The lowest BCUT2D eigenvalue weighted by atomic mass is 9.97. The van der Waals surface area contributed by atoms with Crippen molar-refractivity contribution in [1.82, 2.24) is 19.4 Å². The topological polar surface area (TPSA) is 83.0 Å². The van der Waals surface area contributed by atoms with E-state index in [0.717, 1.165) is 6.20 Å². The third-order valence-electron chi connectivity index (χ3n) is 4.60. The number of likely N-dealkylation sites (tertiary alicyclic amines) is 1. The van der Waals surface area contributed by atoms with Gasteiger partial charge in [-0.3, -0.25) is 4.79 Å². The van der Waals surface area contributed by atoms with Crippen molar-refractivity contribution in [3.05, 3.63) is 46.4 Å². The molecule has 2 amide bonds. The summed E-state index contributed by atoms with van der Waals surface area (Å²) in [6.45, 7) is 2.99. The second kappa shape index (κ2) is 7.45. The molecule has 0 radical (unpaired) electrons. The largest absolute Gasteiger partial charge is 0.432 e. The van der Waals surface area contributed by atoms with E-state index >= 15 is 0 Å². The third-order valence-corrected chi connectivity index (χ3v) is 4.60. The summed E-state index contributed by atoms with van der Waals surface area (Å²) in [7, 11) is 0. The molecule has 0 bridgehead atoms. The van der Waals surface area contributed by atoms with E-state index in [1.807, 2.05) is 6.92 Å². The van der Waals surface area contributed by atoms with Crippen LogP contribution in [0.25, 0.3) is 0 Å². The van der Waals surface area contributed by atoms with Gasteiger partial charge in [0.15, 0.2) is 0 Å². The summed E-state index contributed by atoms with van der Waals surface area (Å²) < 4.78 is 39.7. The average Bonchev–Trinajstić information content (AvgIpc) is 3.14. The predicted octanol–water partition coefficient (Wildman–Crippen LogP) is 3.02. The zero-order valence-electron chi connectivity index (χ0n) is 14.7. The number of carbonyl (C=O) groups is 1. The van der Waals surface area contributed by atoms with Crippen LogP contribution in [-0.2, 0) is 12.7 Å². The summed E-state index contributed by atoms with van der Waals surface area (Å²) in [5.74, 6) is -0.100. The molecule has 1 fully saturated rings. The van der Waals surface area contributed by atoms with Gasteiger partial charge in [-0.1, -0.05) is 0 Å². The van der Waals surface area contributed by atoms with Gasteiger partial charge in [-0.25, -0.2) is 9.78 Å². The SMILES string of the molecule is CCn1cccc(NC(=O)N2CCCC(c3ncc(C(F)(F)F)[nH]3)C2)c1=O. The van der Waals surface area contributed by atoms with Crippen LogP contribution < -0.4 is 10.9 Å². The molecule has 146 valence electrons. The van der Waals surface area contributed by atoms with E-state index in [2.05, 4.69) is 15.3 Å². The number of halogens is 3. The lowest BCUT2D eigenvalue weighted by Crippen LogP contribution is -2.42. The van der Waals surface area contributed by atoms with E-state index in [-0.39, 0.29) is 29.5 Å². The smallest absolute Gasteiger partial charge is 0.338 e. The van der Waals surface area contributed by atoms with Crippen LogP contribution in [0.1, 0.15) is 37.2 Å². The summed E-state index contributed by atoms with van der Waals surface area (Å²) in [4.78, 5) is 32.4. The Morgan fingerprint density at radius 1 is 1.44 bits per heavy atom. The lowest BCUT2D eigenvalue weighted by Gasteiger charge is -2.31. The van der Waals surface area contributed by atoms with Crippen molar-refractivity contribution < 1.29 is 18.0 Å². The maximum Gasteiger partial charge on any atom is 0.432 e. The molecule has 1 aliphatic rings. The van der Waals surface area contributed by atoms with Crippen molar-refractivity contribution in [2.75, 3.05) is 18.4 Å². The number of piperidine rings is 1. The van der Waals surface area contributed by atoms with Crippen LogP contribution >= 0.6 is 0 Å². The van der Waals surface area contributed by atoms with Crippen molar-refractivity contribution >= 4 is 11.7 Å². The van der Waals surface area contributed by atoms with Crippen molar-refractivity contribution in [3.63, 3.8) is 0 Å². The highest BCUT2D eigenvalue weighted by atomic mass is 19.4. The Balaban J connectivity index is 1.70. The van der Waals surface area contributed by atoms with Crippen LogP contribution in [0.4, 0.5) is 23.7 Å². The molecule has 1 atom stereocenters. The van der Waals surface area contributed by atoms with Crippen molar-refractivity contribution in [2.45, 2.75) is 38.4 Å². The standard InChI is InChI=1S/C17H20F3N5O2/c1-2-24-7-4-6-12(15(24)26)22-16(27)25-8-3-5-11(10-25)14-21-9-13(23-14)17(18,19)20/h4,6-7,9,11H,2-3,5,8,10H2,1H3,(H,21,23)(H,22,27). The summed E-state index contributed by atoms with van der Waals surface area (Å²) in [6, 6.07) is 2.74. The maximum atomic E-state index is 12.7. The molecule has 0 aliphatic carbocycles. The van der Waals surface area contributed by atoms with Crippen molar-refractivity contribution in [1.29, 1.82) is 0 Å². The maximum absolute atomic E-state index is 12.7. The zero-order valence-corrected chi connectivity index (χ0v) is 14.7. The molecule has 2 N–H and O–H groups in total. The van der Waals surface area contributed by atoms with Crippen molar-refractivity contribution in [3.8, 4) is 0 Å². The quantitative estimate of drug-likeness (QED) is 0.855. The van der Waals surface area contributed by atoms with Gasteiger partial charge < -0.3 is 19.8 Å². The van der Waals surface area contributed by atoms with Gasteiger partial charge >= 0.3 is 12.2 Å². The molecular weight excluding hydrogens is 363 g/mol. The highest BCUT2D eigenvalue weighted by Gasteiger charge is 2.34. The highest BCUT2D eigenvalue weighted by Crippen LogP contribution is 2.31. The number of anilines is 1. The number of hydrogen-bond acceptors (Lipinski definition) is 3. The highest BCUT2D eigenvalue weighted by molar-refractivity contribution is 5.89. The number of carbonyl (C=O) groups excluding carboxylic acids is 1. The molecule has 3 rings (SSSR count). The number of hydrogen-bond donors (Lipinski definition) is 2. The molecule has 0 spiro atoms. The average molecular weight is 383 g/mol. The first-order valence-corrected chi connectivity index (χ1v) is 8.67. The Morgan fingerprint density at radius 2 is 2.22 bits per heavy atom. The number of H-pyrrole nitrogens is 1. The summed E-state index contributed by atoms with van der Waals surface area (Å²) >= 11 is 0. The van der Waals surface area contributed by atoms with Gasteiger partial charge in [0.2, 0.25) is 0 Å². The minimum atomic E-state index is -4.48. The molecule has 27 heavy (non-hydrogen) atoms. The van der Waals surface area contributed by atoms with E-state index < -0.39 is 17.9 Å². The van der Waals surface area contributed by atoms with Gasteiger partial charge in [0, 0.05) is 31.7 Å². The van der Waals surface area contributed by atoms with E-state index in [4.69, 9.17) is 0 Å². The first-order valence-electron chi connectivity index (χ1n) is 8.67. The molecule has 1 unspecified atom stereocenters. The van der Waals surface area contributed by atoms with Gasteiger partial charge in [0.1, 0.15) is 17.2 Å². The second-order valence-electron chi connectivity index (χ2n) is 6.41. The fourth-order valence-corrected chi connectivity index (χ4v) is 3.15. The number of imidazole rings is 1. The van der Waals surface area contributed by atoms with Crippen LogP contribution in [-0.4, -0.2) is 38.6 Å². The van der Waals surface area contributed by atoms with E-state index in [1.165, 1.54) is 15.5 Å². The molecule has 7 nitrogen and oxygen atoms in total. The van der Waals surface area contributed by atoms with Crippen LogP contribution in [0.2, 0.25) is 0 Å². The van der Waals surface area contributed by atoms with E-state index in [9.17, 15) is 22.8 Å². The zero-order chi connectivity index (χ0) is 19.6. The number of rotatable bonds is 3. The van der Waals surface area contributed by atoms with E-state index in [1.54, 1.807) is 12.3 Å². The van der Waals surface area contributed by atoms with Gasteiger partial charge in [-0.2, -0.15) is 13.2 Å². The minimum absolute atomic E-state index is 0.170. The molecule has 2 aromatic rings. The number of urea groups is 1. The first-order chi connectivity index (χ1) is 12.8. The van der Waals surface area contributed by atoms with Gasteiger partial charge in [-0.15, -0.1) is 0 Å². The normalized spacial score (nSPS) is 17.8. The van der Waals surface area contributed by atoms with E-state index in [0.29, 0.717) is 25.9 Å². The van der Waals surface area contributed by atoms with Crippen LogP contribution in [0.3, 0.4) is 0 Å². The van der Waals surface area contributed by atoms with Crippen LogP contribution in [0.15, 0.2) is 29.3 Å². The minimum Gasteiger partial charge on any atom is -0.338 e. The first kappa shape index (κ1) is 19.0. The Morgan fingerprint density at radius 3 is 2.89 bits per heavy atom.